The molecular formula is C15H30N2O. The molecular weight excluding hydrogens is 224 g/mol. The van der Waals surface area contributed by atoms with Crippen LogP contribution in [0.25, 0.3) is 0 Å². The molecule has 0 aromatic rings. The number of hydrogen-bond acceptors (Lipinski definition) is 3. The molecule has 0 bridgehead atoms. The van der Waals surface area contributed by atoms with Gasteiger partial charge >= 0.3 is 0 Å². The normalized spacial score (nSPS) is 18.1. The van der Waals surface area contributed by atoms with Gasteiger partial charge in [0.05, 0.1) is 0 Å². The van der Waals surface area contributed by atoms with Gasteiger partial charge in [0.15, 0.2) is 0 Å². The summed E-state index contributed by atoms with van der Waals surface area (Å²) in [6.45, 7) is 11.2. The maximum atomic E-state index is 11.5. The van der Waals surface area contributed by atoms with Crippen LogP contribution in [-0.2, 0) is 4.79 Å². The smallest absolute Gasteiger partial charge is 0.134 e. The van der Waals surface area contributed by atoms with E-state index in [-0.39, 0.29) is 0 Å². The molecule has 0 unspecified atom stereocenters. The summed E-state index contributed by atoms with van der Waals surface area (Å²) < 4.78 is 0. The lowest BCUT2D eigenvalue weighted by Crippen LogP contribution is -2.47. The molecule has 3 nitrogen and oxygen atoms in total. The third kappa shape index (κ3) is 6.50. The molecule has 0 aromatic heterocycles. The van der Waals surface area contributed by atoms with Crippen molar-refractivity contribution in [2.45, 2.75) is 52.4 Å². The van der Waals surface area contributed by atoms with Crippen molar-refractivity contribution >= 4 is 5.78 Å². The number of ketones is 1. The van der Waals surface area contributed by atoms with E-state index >= 15 is 0 Å². The molecule has 0 saturated carbocycles. The predicted molar refractivity (Wildman–Crippen MR) is 76.9 cm³/mol. The van der Waals surface area contributed by atoms with Crippen molar-refractivity contribution in [1.29, 1.82) is 0 Å². The number of carbonyl (C=O) groups excluding carboxylic acids is 1. The molecule has 0 aliphatic carbocycles. The molecule has 1 aliphatic heterocycles. The first-order chi connectivity index (χ1) is 8.76. The number of piperazine rings is 1. The lowest BCUT2D eigenvalue weighted by Gasteiger charge is -2.34. The summed E-state index contributed by atoms with van der Waals surface area (Å²) in [6, 6.07) is 0. The Morgan fingerprint density at radius 2 is 1.44 bits per heavy atom. The lowest BCUT2D eigenvalue weighted by atomic mass is 10.1. The third-order valence-electron chi connectivity index (χ3n) is 3.78. The van der Waals surface area contributed by atoms with E-state index in [1.807, 2.05) is 0 Å². The largest absolute Gasteiger partial charge is 0.301 e. The van der Waals surface area contributed by atoms with E-state index < -0.39 is 0 Å². The minimum Gasteiger partial charge on any atom is -0.301 e. The quantitative estimate of drug-likeness (QED) is 0.591. The molecule has 1 heterocycles. The van der Waals surface area contributed by atoms with E-state index in [4.69, 9.17) is 0 Å². The Labute approximate surface area is 113 Å². The molecule has 0 spiro atoms. The van der Waals surface area contributed by atoms with Crippen LogP contribution in [0.4, 0.5) is 0 Å². The molecule has 1 saturated heterocycles. The first-order valence-electron chi connectivity index (χ1n) is 7.72. The first kappa shape index (κ1) is 15.6. The SMILES string of the molecule is CCCCCN1CCN(CCC(=O)CCC)CC1. The standard InChI is InChI=1S/C15H30N2O/c1-3-5-6-9-16-11-13-17(14-12-16)10-8-15(18)7-4-2/h3-14H2,1-2H3. The van der Waals surface area contributed by atoms with Crippen molar-refractivity contribution in [3.05, 3.63) is 0 Å². The molecule has 3 heteroatoms. The number of nitrogens with zero attached hydrogens (tertiary/aromatic N) is 2. The van der Waals surface area contributed by atoms with Gasteiger partial charge in [-0.05, 0) is 19.4 Å². The maximum Gasteiger partial charge on any atom is 0.134 e. The highest BCUT2D eigenvalue weighted by Gasteiger charge is 2.16. The highest BCUT2D eigenvalue weighted by atomic mass is 16.1. The van der Waals surface area contributed by atoms with Gasteiger partial charge in [0.25, 0.3) is 0 Å². The summed E-state index contributed by atoms with van der Waals surface area (Å²) in [4.78, 5) is 16.5. The van der Waals surface area contributed by atoms with Gasteiger partial charge < -0.3 is 9.80 Å². The zero-order valence-electron chi connectivity index (χ0n) is 12.3. The molecule has 0 amide bonds. The molecule has 0 atom stereocenters. The summed E-state index contributed by atoms with van der Waals surface area (Å²) in [5.74, 6) is 0.433. The Morgan fingerprint density at radius 3 is 2.00 bits per heavy atom. The Kier molecular flexibility index (Phi) is 8.27. The van der Waals surface area contributed by atoms with Gasteiger partial charge in [0, 0.05) is 45.6 Å². The molecule has 106 valence electrons. The maximum absolute atomic E-state index is 11.5. The highest BCUT2D eigenvalue weighted by molar-refractivity contribution is 5.78. The summed E-state index contributed by atoms with van der Waals surface area (Å²) >= 11 is 0. The Bertz CT molecular complexity index is 223. The van der Waals surface area contributed by atoms with Gasteiger partial charge in [-0.3, -0.25) is 4.79 Å². The summed E-state index contributed by atoms with van der Waals surface area (Å²) in [6.07, 6.45) is 6.50. The Hall–Kier alpha value is -0.410. The van der Waals surface area contributed by atoms with Crippen LogP contribution >= 0.6 is 0 Å². The predicted octanol–water partition coefficient (Wildman–Crippen LogP) is 2.55. The second-order valence-corrected chi connectivity index (χ2v) is 5.43. The molecule has 0 N–H and O–H groups in total. The van der Waals surface area contributed by atoms with E-state index in [1.165, 1.54) is 38.9 Å². The molecule has 1 rings (SSSR count). The van der Waals surface area contributed by atoms with Crippen LogP contribution in [0, 0.1) is 0 Å². The number of carbonyl (C=O) groups is 1. The van der Waals surface area contributed by atoms with Crippen LogP contribution in [0.5, 0.6) is 0 Å². The summed E-state index contributed by atoms with van der Waals surface area (Å²) in [7, 11) is 0. The highest BCUT2D eigenvalue weighted by Crippen LogP contribution is 2.06. The monoisotopic (exact) mass is 254 g/mol. The van der Waals surface area contributed by atoms with Crippen molar-refractivity contribution in [1.82, 2.24) is 9.80 Å². The molecule has 0 radical (unpaired) electrons. The zero-order chi connectivity index (χ0) is 13.2. The van der Waals surface area contributed by atoms with Crippen molar-refractivity contribution in [2.75, 3.05) is 39.3 Å². The van der Waals surface area contributed by atoms with Gasteiger partial charge in [-0.2, -0.15) is 0 Å². The number of Topliss-reactive ketones (excluding diaryl/α,β-unsaturated/α-hetero) is 1. The average molecular weight is 254 g/mol. The third-order valence-corrected chi connectivity index (χ3v) is 3.78. The van der Waals surface area contributed by atoms with E-state index in [0.29, 0.717) is 5.78 Å². The van der Waals surface area contributed by atoms with Crippen LogP contribution < -0.4 is 0 Å². The summed E-state index contributed by atoms with van der Waals surface area (Å²) in [5.41, 5.74) is 0. The fourth-order valence-corrected chi connectivity index (χ4v) is 2.51. The molecule has 18 heavy (non-hydrogen) atoms. The van der Waals surface area contributed by atoms with Gasteiger partial charge in [-0.15, -0.1) is 0 Å². The minimum absolute atomic E-state index is 0.433. The second kappa shape index (κ2) is 9.51. The second-order valence-electron chi connectivity index (χ2n) is 5.43. The Balaban J connectivity index is 2.06. The van der Waals surface area contributed by atoms with Crippen molar-refractivity contribution in [3.63, 3.8) is 0 Å². The van der Waals surface area contributed by atoms with Gasteiger partial charge in [-0.25, -0.2) is 0 Å². The molecule has 1 fully saturated rings. The van der Waals surface area contributed by atoms with E-state index in [0.717, 1.165) is 38.9 Å². The Morgan fingerprint density at radius 1 is 0.833 bits per heavy atom. The fraction of sp³-hybridized carbons (Fsp3) is 0.933. The first-order valence-corrected chi connectivity index (χ1v) is 7.72. The van der Waals surface area contributed by atoms with Crippen LogP contribution in [0.2, 0.25) is 0 Å². The van der Waals surface area contributed by atoms with E-state index in [9.17, 15) is 4.79 Å². The summed E-state index contributed by atoms with van der Waals surface area (Å²) in [5, 5.41) is 0. The van der Waals surface area contributed by atoms with Crippen molar-refractivity contribution < 1.29 is 4.79 Å². The van der Waals surface area contributed by atoms with Crippen molar-refractivity contribution in [2.24, 2.45) is 0 Å². The number of unbranched alkanes of at least 4 members (excludes halogenated alkanes) is 2. The van der Waals surface area contributed by atoms with Crippen LogP contribution in [-0.4, -0.2) is 54.9 Å². The molecule has 0 aromatic carbocycles. The van der Waals surface area contributed by atoms with Gasteiger partial charge in [0.1, 0.15) is 5.78 Å². The number of hydrogen-bond donors (Lipinski definition) is 0. The van der Waals surface area contributed by atoms with Crippen LogP contribution in [0.1, 0.15) is 52.4 Å². The van der Waals surface area contributed by atoms with Gasteiger partial charge in [0.2, 0.25) is 0 Å². The van der Waals surface area contributed by atoms with E-state index in [1.54, 1.807) is 0 Å². The number of rotatable bonds is 9. The topological polar surface area (TPSA) is 23.6 Å². The van der Waals surface area contributed by atoms with Crippen LogP contribution in [0.15, 0.2) is 0 Å². The molecule has 1 aliphatic rings. The fourth-order valence-electron chi connectivity index (χ4n) is 2.51. The van der Waals surface area contributed by atoms with Crippen molar-refractivity contribution in [3.8, 4) is 0 Å². The lowest BCUT2D eigenvalue weighted by molar-refractivity contribution is -0.119. The van der Waals surface area contributed by atoms with E-state index in [2.05, 4.69) is 23.6 Å². The van der Waals surface area contributed by atoms with Crippen LogP contribution in [0.3, 0.4) is 0 Å². The average Bonchev–Trinajstić information content (AvgIpc) is 2.38. The minimum atomic E-state index is 0.433. The van der Waals surface area contributed by atoms with Gasteiger partial charge in [-0.1, -0.05) is 26.7 Å². The zero-order valence-corrected chi connectivity index (χ0v) is 12.3.